The van der Waals surface area contributed by atoms with E-state index in [0.717, 1.165) is 5.56 Å². The number of rotatable bonds is 8. The lowest BCUT2D eigenvalue weighted by molar-refractivity contribution is -0.140. The van der Waals surface area contributed by atoms with Gasteiger partial charge in [0.25, 0.3) is 11.7 Å². The Morgan fingerprint density at radius 2 is 1.82 bits per heavy atom. The minimum atomic E-state index is -0.803. The van der Waals surface area contributed by atoms with Crippen molar-refractivity contribution in [3.63, 3.8) is 0 Å². The summed E-state index contributed by atoms with van der Waals surface area (Å²) in [5.41, 5.74) is 1.78. The summed E-state index contributed by atoms with van der Waals surface area (Å²) in [5.74, 6) is -1.04. The molecule has 0 saturated carbocycles. The first kappa shape index (κ1) is 24.5. The second-order valence-electron chi connectivity index (χ2n) is 9.03. The minimum absolute atomic E-state index is 0.000568. The third-order valence-electron chi connectivity index (χ3n) is 5.53. The maximum Gasteiger partial charge on any atom is 0.295 e. The summed E-state index contributed by atoms with van der Waals surface area (Å²) < 4.78 is 19.4. The number of carbonyl (C=O) groups is 2. The van der Waals surface area contributed by atoms with E-state index in [1.807, 2.05) is 25.9 Å². The molecular weight excluding hydrogens is 423 g/mol. The SMILES string of the molecule is Cc1cc(C(O)=C2C(=O)C(=O)N(CCN(C)C)[C@@H]2c2ccc(F)cc2)ccc1OCC(C)C. The van der Waals surface area contributed by atoms with Gasteiger partial charge in [-0.1, -0.05) is 26.0 Å². The van der Waals surface area contributed by atoms with Crippen LogP contribution in [0, 0.1) is 18.7 Å². The van der Waals surface area contributed by atoms with Crippen LogP contribution >= 0.6 is 0 Å². The summed E-state index contributed by atoms with van der Waals surface area (Å²) >= 11 is 0. The number of aliphatic hydroxyl groups excluding tert-OH is 1. The maximum atomic E-state index is 13.6. The molecule has 1 saturated heterocycles. The van der Waals surface area contributed by atoms with E-state index in [-0.39, 0.29) is 17.9 Å². The topological polar surface area (TPSA) is 70.1 Å². The van der Waals surface area contributed by atoms with Crippen molar-refractivity contribution in [3.8, 4) is 5.75 Å². The van der Waals surface area contributed by atoms with Gasteiger partial charge in [-0.05, 0) is 68.4 Å². The summed E-state index contributed by atoms with van der Waals surface area (Å²) in [4.78, 5) is 29.3. The van der Waals surface area contributed by atoms with Gasteiger partial charge in [-0.2, -0.15) is 0 Å². The number of benzene rings is 2. The third-order valence-corrected chi connectivity index (χ3v) is 5.53. The molecule has 0 spiro atoms. The van der Waals surface area contributed by atoms with Gasteiger partial charge in [-0.15, -0.1) is 0 Å². The van der Waals surface area contributed by atoms with E-state index in [1.165, 1.54) is 29.2 Å². The molecular formula is C26H31FN2O4. The normalized spacial score (nSPS) is 17.9. The van der Waals surface area contributed by atoms with Crippen molar-refractivity contribution >= 4 is 17.4 Å². The fourth-order valence-corrected chi connectivity index (χ4v) is 3.78. The Hall–Kier alpha value is -3.19. The van der Waals surface area contributed by atoms with Crippen LogP contribution in [0.3, 0.4) is 0 Å². The van der Waals surface area contributed by atoms with E-state index in [4.69, 9.17) is 4.74 Å². The number of halogens is 1. The van der Waals surface area contributed by atoms with Crippen LogP contribution in [0.15, 0.2) is 48.0 Å². The second-order valence-corrected chi connectivity index (χ2v) is 9.03. The number of hydrogen-bond donors (Lipinski definition) is 1. The fourth-order valence-electron chi connectivity index (χ4n) is 3.78. The number of amides is 1. The fraction of sp³-hybridized carbons (Fsp3) is 0.385. The smallest absolute Gasteiger partial charge is 0.295 e. The average Bonchev–Trinajstić information content (AvgIpc) is 3.01. The van der Waals surface area contributed by atoms with Crippen molar-refractivity contribution in [1.82, 2.24) is 9.80 Å². The Labute approximate surface area is 194 Å². The Kier molecular flexibility index (Phi) is 7.53. The highest BCUT2D eigenvalue weighted by atomic mass is 19.1. The first-order chi connectivity index (χ1) is 15.6. The van der Waals surface area contributed by atoms with Crippen LogP contribution in [-0.2, 0) is 9.59 Å². The molecule has 0 radical (unpaired) electrons. The molecule has 2 aromatic carbocycles. The Morgan fingerprint density at radius 1 is 1.15 bits per heavy atom. The van der Waals surface area contributed by atoms with Crippen LogP contribution < -0.4 is 4.74 Å². The molecule has 1 heterocycles. The summed E-state index contributed by atoms with van der Waals surface area (Å²) in [6.07, 6.45) is 0. The van der Waals surface area contributed by atoms with Crippen LogP contribution in [0.2, 0.25) is 0 Å². The molecule has 0 aliphatic carbocycles. The van der Waals surface area contributed by atoms with Crippen molar-refractivity contribution in [3.05, 3.63) is 70.5 Å². The van der Waals surface area contributed by atoms with Crippen molar-refractivity contribution in [2.45, 2.75) is 26.8 Å². The summed E-state index contributed by atoms with van der Waals surface area (Å²) in [6, 6.07) is 10.0. The van der Waals surface area contributed by atoms with Crippen LogP contribution in [0.5, 0.6) is 5.75 Å². The molecule has 7 heteroatoms. The number of hydrogen-bond acceptors (Lipinski definition) is 5. The molecule has 33 heavy (non-hydrogen) atoms. The van der Waals surface area contributed by atoms with Crippen molar-refractivity contribution in [2.75, 3.05) is 33.8 Å². The number of ether oxygens (including phenoxy) is 1. The Morgan fingerprint density at radius 3 is 2.39 bits per heavy atom. The Bertz CT molecular complexity index is 1060. The van der Waals surface area contributed by atoms with E-state index >= 15 is 0 Å². The number of likely N-dealkylation sites (N-methyl/N-ethyl adjacent to an activating group) is 1. The quantitative estimate of drug-likeness (QED) is 0.369. The molecule has 0 unspecified atom stereocenters. The first-order valence-corrected chi connectivity index (χ1v) is 11.0. The van der Waals surface area contributed by atoms with Gasteiger partial charge in [0.2, 0.25) is 0 Å². The van der Waals surface area contributed by atoms with E-state index in [1.54, 1.807) is 18.2 Å². The predicted octanol–water partition coefficient (Wildman–Crippen LogP) is 4.15. The summed E-state index contributed by atoms with van der Waals surface area (Å²) in [5, 5.41) is 11.2. The van der Waals surface area contributed by atoms with Crippen LogP contribution in [0.25, 0.3) is 5.76 Å². The lowest BCUT2D eigenvalue weighted by atomic mass is 9.94. The third kappa shape index (κ3) is 5.42. The van der Waals surface area contributed by atoms with Crippen LogP contribution in [-0.4, -0.2) is 60.4 Å². The monoisotopic (exact) mass is 454 g/mol. The molecule has 0 aromatic heterocycles. The van der Waals surface area contributed by atoms with Crippen LogP contribution in [0.4, 0.5) is 4.39 Å². The zero-order valence-electron chi connectivity index (χ0n) is 19.8. The van der Waals surface area contributed by atoms with Gasteiger partial charge in [0, 0.05) is 18.7 Å². The van der Waals surface area contributed by atoms with Gasteiger partial charge in [-0.25, -0.2) is 4.39 Å². The van der Waals surface area contributed by atoms with Gasteiger partial charge < -0.3 is 19.6 Å². The standard InChI is InChI=1S/C26H31FN2O4/c1-16(2)15-33-21-11-8-19(14-17(21)3)24(30)22-23(18-6-9-20(27)10-7-18)29(13-12-28(4)5)26(32)25(22)31/h6-11,14,16,23,30H,12-13,15H2,1-5H3/t23-/m1/s1. The number of likely N-dealkylation sites (tertiary alicyclic amines) is 1. The van der Waals surface area contributed by atoms with Crippen molar-refractivity contribution in [2.24, 2.45) is 5.92 Å². The average molecular weight is 455 g/mol. The van der Waals surface area contributed by atoms with Crippen molar-refractivity contribution < 1.29 is 23.8 Å². The molecule has 0 bridgehead atoms. The molecule has 1 atom stereocenters. The lowest BCUT2D eigenvalue weighted by Gasteiger charge is -2.26. The van der Waals surface area contributed by atoms with E-state index < -0.39 is 23.5 Å². The van der Waals surface area contributed by atoms with E-state index in [2.05, 4.69) is 13.8 Å². The maximum absolute atomic E-state index is 13.6. The molecule has 2 aromatic rings. The largest absolute Gasteiger partial charge is 0.507 e. The number of ketones is 1. The first-order valence-electron chi connectivity index (χ1n) is 11.0. The summed E-state index contributed by atoms with van der Waals surface area (Å²) in [6.45, 7) is 7.36. The molecule has 1 N–H and O–H groups in total. The highest BCUT2D eigenvalue weighted by Crippen LogP contribution is 2.39. The number of aliphatic hydroxyl groups is 1. The van der Waals surface area contributed by atoms with Gasteiger partial charge in [0.1, 0.15) is 17.3 Å². The van der Waals surface area contributed by atoms with Crippen molar-refractivity contribution in [1.29, 1.82) is 0 Å². The molecule has 176 valence electrons. The molecule has 1 amide bonds. The second kappa shape index (κ2) is 10.2. The molecule has 1 fully saturated rings. The zero-order valence-corrected chi connectivity index (χ0v) is 19.8. The number of carbonyl (C=O) groups excluding carboxylic acids is 2. The van der Waals surface area contributed by atoms with E-state index in [9.17, 15) is 19.1 Å². The Balaban J connectivity index is 2.06. The lowest BCUT2D eigenvalue weighted by Crippen LogP contribution is -2.35. The highest BCUT2D eigenvalue weighted by Gasteiger charge is 2.45. The molecule has 1 aliphatic heterocycles. The number of aryl methyl sites for hydroxylation is 1. The predicted molar refractivity (Wildman–Crippen MR) is 125 cm³/mol. The van der Waals surface area contributed by atoms with Gasteiger partial charge >= 0.3 is 0 Å². The van der Waals surface area contributed by atoms with Gasteiger partial charge in [0.05, 0.1) is 18.2 Å². The van der Waals surface area contributed by atoms with E-state index in [0.29, 0.717) is 35.9 Å². The van der Waals surface area contributed by atoms with Gasteiger partial charge in [0.15, 0.2) is 0 Å². The number of nitrogens with zero attached hydrogens (tertiary/aromatic N) is 2. The molecule has 3 rings (SSSR count). The zero-order chi connectivity index (χ0) is 24.3. The molecule has 6 nitrogen and oxygen atoms in total. The van der Waals surface area contributed by atoms with Crippen LogP contribution in [0.1, 0.15) is 36.6 Å². The number of Topliss-reactive ketones (excluding diaryl/α,β-unsaturated/α-hetero) is 1. The molecule has 1 aliphatic rings. The summed E-state index contributed by atoms with van der Waals surface area (Å²) in [7, 11) is 3.74. The highest BCUT2D eigenvalue weighted by molar-refractivity contribution is 6.46. The minimum Gasteiger partial charge on any atom is -0.507 e. The van der Waals surface area contributed by atoms with Gasteiger partial charge in [-0.3, -0.25) is 9.59 Å².